The number of carbonyl (C=O) groups excluding carboxylic acids is 2. The van der Waals surface area contributed by atoms with Crippen LogP contribution in [-0.4, -0.2) is 54.4 Å². The molecule has 34 heavy (non-hydrogen) atoms. The summed E-state index contributed by atoms with van der Waals surface area (Å²) in [6, 6.07) is 9.89. The van der Waals surface area contributed by atoms with Gasteiger partial charge in [0.05, 0.1) is 7.11 Å². The van der Waals surface area contributed by atoms with Crippen LogP contribution in [-0.2, 0) is 11.3 Å². The molecule has 1 aliphatic heterocycles. The molecule has 1 saturated carbocycles. The summed E-state index contributed by atoms with van der Waals surface area (Å²) < 4.78 is 19.7. The van der Waals surface area contributed by atoms with Gasteiger partial charge in [-0.2, -0.15) is 0 Å². The van der Waals surface area contributed by atoms with E-state index in [2.05, 4.69) is 17.1 Å². The first kappa shape index (κ1) is 24.2. The molecule has 0 bridgehead atoms. The summed E-state index contributed by atoms with van der Waals surface area (Å²) in [4.78, 5) is 29.9. The first-order valence-corrected chi connectivity index (χ1v) is 12.1. The van der Waals surface area contributed by atoms with Crippen LogP contribution in [0, 0.1) is 18.7 Å². The smallest absolute Gasteiger partial charge is 0.255 e. The van der Waals surface area contributed by atoms with Gasteiger partial charge in [-0.1, -0.05) is 18.9 Å². The van der Waals surface area contributed by atoms with Crippen molar-refractivity contribution in [1.29, 1.82) is 0 Å². The predicted octanol–water partition coefficient (Wildman–Crippen LogP) is 4.62. The largest absolute Gasteiger partial charge is 0.497 e. The van der Waals surface area contributed by atoms with Gasteiger partial charge in [0.25, 0.3) is 5.91 Å². The Bertz CT molecular complexity index is 1050. The van der Waals surface area contributed by atoms with Crippen molar-refractivity contribution in [3.05, 3.63) is 58.9 Å². The molecule has 7 heteroatoms. The highest BCUT2D eigenvalue weighted by Gasteiger charge is 2.33. The molecule has 0 aromatic heterocycles. The monoisotopic (exact) mass is 467 g/mol. The van der Waals surface area contributed by atoms with Crippen LogP contribution in [0.15, 0.2) is 36.4 Å². The number of nitrogens with zero attached hydrogens (tertiary/aromatic N) is 2. The molecule has 4 rings (SSSR count). The van der Waals surface area contributed by atoms with Gasteiger partial charge in [0, 0.05) is 49.4 Å². The van der Waals surface area contributed by atoms with Crippen LogP contribution in [0.1, 0.15) is 54.1 Å². The molecule has 182 valence electrons. The minimum absolute atomic E-state index is 0.128. The van der Waals surface area contributed by atoms with Crippen LogP contribution in [0.3, 0.4) is 0 Å². The summed E-state index contributed by atoms with van der Waals surface area (Å²) in [5, 5.41) is 2.85. The van der Waals surface area contributed by atoms with Crippen molar-refractivity contribution in [1.82, 2.24) is 9.80 Å². The summed E-state index contributed by atoms with van der Waals surface area (Å²) >= 11 is 0. The Hall–Kier alpha value is -2.93. The van der Waals surface area contributed by atoms with E-state index in [-0.39, 0.29) is 23.7 Å². The topological polar surface area (TPSA) is 61.9 Å². The van der Waals surface area contributed by atoms with Crippen molar-refractivity contribution in [2.45, 2.75) is 52.1 Å². The highest BCUT2D eigenvalue weighted by atomic mass is 19.1. The molecule has 6 nitrogen and oxygen atoms in total. The van der Waals surface area contributed by atoms with E-state index in [1.807, 2.05) is 11.8 Å². The van der Waals surface area contributed by atoms with Gasteiger partial charge in [-0.3, -0.25) is 14.5 Å². The highest BCUT2D eigenvalue weighted by Crippen LogP contribution is 2.29. The van der Waals surface area contributed by atoms with Crippen molar-refractivity contribution in [3.63, 3.8) is 0 Å². The van der Waals surface area contributed by atoms with E-state index in [0.29, 0.717) is 36.0 Å². The molecule has 0 radical (unpaired) electrons. The van der Waals surface area contributed by atoms with Gasteiger partial charge in [-0.25, -0.2) is 4.39 Å². The second kappa shape index (κ2) is 10.6. The van der Waals surface area contributed by atoms with Gasteiger partial charge in [0.2, 0.25) is 5.91 Å². The molecule has 2 aromatic carbocycles. The molecule has 1 aliphatic carbocycles. The van der Waals surface area contributed by atoms with Crippen molar-refractivity contribution in [3.8, 4) is 5.75 Å². The lowest BCUT2D eigenvalue weighted by Crippen LogP contribution is -2.54. The molecule has 2 aromatic rings. The lowest BCUT2D eigenvalue weighted by atomic mass is 10.0. The molecule has 1 unspecified atom stereocenters. The Labute approximate surface area is 201 Å². The summed E-state index contributed by atoms with van der Waals surface area (Å²) in [6.45, 7) is 6.77. The predicted molar refractivity (Wildman–Crippen MR) is 130 cm³/mol. The van der Waals surface area contributed by atoms with Crippen LogP contribution in [0.2, 0.25) is 0 Å². The summed E-state index contributed by atoms with van der Waals surface area (Å²) in [6.07, 6.45) is 4.33. The minimum Gasteiger partial charge on any atom is -0.497 e. The second-order valence-corrected chi connectivity index (χ2v) is 9.52. The van der Waals surface area contributed by atoms with E-state index in [4.69, 9.17) is 4.74 Å². The van der Waals surface area contributed by atoms with E-state index in [9.17, 15) is 14.0 Å². The summed E-state index contributed by atoms with van der Waals surface area (Å²) in [5.74, 6) is 0.379. The number of anilines is 1. The number of carbonyl (C=O) groups is 2. The van der Waals surface area contributed by atoms with Gasteiger partial charge >= 0.3 is 0 Å². The number of nitrogens with one attached hydrogen (secondary N) is 1. The molecule has 2 aliphatic rings. The average molecular weight is 468 g/mol. The number of benzene rings is 2. The van der Waals surface area contributed by atoms with E-state index >= 15 is 0 Å². The molecule has 1 N–H and O–H groups in total. The molecule has 2 amide bonds. The Morgan fingerprint density at radius 2 is 1.91 bits per heavy atom. The van der Waals surface area contributed by atoms with Crippen LogP contribution in [0.5, 0.6) is 5.75 Å². The molecule has 1 atom stereocenters. The zero-order valence-corrected chi connectivity index (χ0v) is 20.3. The Morgan fingerprint density at radius 1 is 1.15 bits per heavy atom. The summed E-state index contributed by atoms with van der Waals surface area (Å²) in [5.41, 5.74) is 2.59. The lowest BCUT2D eigenvalue weighted by molar-refractivity contribution is -0.140. The number of methoxy groups -OCH3 is 1. The van der Waals surface area contributed by atoms with Crippen molar-refractivity contribution < 1.29 is 18.7 Å². The number of amides is 2. The van der Waals surface area contributed by atoms with Crippen molar-refractivity contribution in [2.24, 2.45) is 5.92 Å². The van der Waals surface area contributed by atoms with Crippen molar-refractivity contribution in [2.75, 3.05) is 32.1 Å². The third-order valence-electron chi connectivity index (χ3n) is 7.15. The summed E-state index contributed by atoms with van der Waals surface area (Å²) in [7, 11) is 1.55. The number of ether oxygens (including phenoxy) is 1. The fourth-order valence-electron chi connectivity index (χ4n) is 5.14. The van der Waals surface area contributed by atoms with Gasteiger partial charge < -0.3 is 15.0 Å². The van der Waals surface area contributed by atoms with E-state index in [1.54, 1.807) is 31.4 Å². The average Bonchev–Trinajstić information content (AvgIpc) is 3.37. The van der Waals surface area contributed by atoms with E-state index in [0.717, 1.165) is 49.9 Å². The van der Waals surface area contributed by atoms with Crippen molar-refractivity contribution >= 4 is 17.5 Å². The molecular weight excluding hydrogens is 433 g/mol. The standard InChI is InChI=1S/C27H34FN3O3/c1-18-16-30(11-12-31(18)27(33)20-7-4-5-8-20)17-22-13-23(28)15-25(19(22)2)29-26(32)21-9-6-10-24(14-21)34-3/h6,9-10,13-15,18,20H,4-5,7-8,11-12,16-17H2,1-3H3,(H,29,32). The number of rotatable bonds is 6. The molecule has 2 fully saturated rings. The molecule has 1 heterocycles. The maximum atomic E-state index is 14.5. The maximum absolute atomic E-state index is 14.5. The molecular formula is C27H34FN3O3. The minimum atomic E-state index is -0.385. The number of piperazine rings is 1. The van der Waals surface area contributed by atoms with Gasteiger partial charge in [0.15, 0.2) is 0 Å². The zero-order chi connectivity index (χ0) is 24.2. The van der Waals surface area contributed by atoms with Crippen LogP contribution in [0.25, 0.3) is 0 Å². The van der Waals surface area contributed by atoms with E-state index < -0.39 is 0 Å². The molecule has 0 spiro atoms. The van der Waals surface area contributed by atoms with Crippen LogP contribution in [0.4, 0.5) is 10.1 Å². The van der Waals surface area contributed by atoms with Gasteiger partial charge in [0.1, 0.15) is 11.6 Å². The fourth-order valence-corrected chi connectivity index (χ4v) is 5.14. The van der Waals surface area contributed by atoms with Gasteiger partial charge in [-0.15, -0.1) is 0 Å². The first-order valence-electron chi connectivity index (χ1n) is 12.1. The molecule has 1 saturated heterocycles. The number of halogens is 1. The highest BCUT2D eigenvalue weighted by molar-refractivity contribution is 6.05. The third kappa shape index (κ3) is 5.41. The van der Waals surface area contributed by atoms with E-state index in [1.165, 1.54) is 12.1 Å². The maximum Gasteiger partial charge on any atom is 0.255 e. The van der Waals surface area contributed by atoms with Crippen LogP contribution < -0.4 is 10.1 Å². The number of hydrogen-bond acceptors (Lipinski definition) is 4. The second-order valence-electron chi connectivity index (χ2n) is 9.52. The Balaban J connectivity index is 1.43. The quantitative estimate of drug-likeness (QED) is 0.674. The fraction of sp³-hybridized carbons (Fsp3) is 0.481. The first-order chi connectivity index (χ1) is 16.4. The SMILES string of the molecule is COc1cccc(C(=O)Nc2cc(F)cc(CN3CCN(C(=O)C4CCCC4)C(C)C3)c2C)c1. The third-order valence-corrected chi connectivity index (χ3v) is 7.15. The normalized spacial score (nSPS) is 19.3. The number of hydrogen-bond donors (Lipinski definition) is 1. The van der Waals surface area contributed by atoms with Gasteiger partial charge in [-0.05, 0) is 68.1 Å². The lowest BCUT2D eigenvalue weighted by Gasteiger charge is -2.41. The zero-order valence-electron chi connectivity index (χ0n) is 20.3. The Morgan fingerprint density at radius 3 is 2.62 bits per heavy atom. The van der Waals surface area contributed by atoms with Crippen LogP contribution >= 0.6 is 0 Å². The Kier molecular flexibility index (Phi) is 7.51.